The summed E-state index contributed by atoms with van der Waals surface area (Å²) in [4.78, 5) is 14.0. The lowest BCUT2D eigenvalue weighted by Crippen LogP contribution is -2.38. The summed E-state index contributed by atoms with van der Waals surface area (Å²) in [6.07, 6.45) is 0. The number of carbonyl (C=O) groups is 1. The van der Waals surface area contributed by atoms with E-state index in [0.29, 0.717) is 24.5 Å². The average Bonchev–Trinajstić information content (AvgIpc) is 3.22. The zero-order chi connectivity index (χ0) is 22.4. The number of halogens is 2. The van der Waals surface area contributed by atoms with E-state index in [1.165, 1.54) is 4.90 Å². The summed E-state index contributed by atoms with van der Waals surface area (Å²) in [6.45, 7) is 5.22. The van der Waals surface area contributed by atoms with Crippen molar-refractivity contribution in [1.82, 2.24) is 14.7 Å². The summed E-state index contributed by atoms with van der Waals surface area (Å²) in [5.41, 5.74) is 1.84. The van der Waals surface area contributed by atoms with Gasteiger partial charge in [-0.05, 0) is 35.9 Å². The fraction of sp³-hybridized carbons (Fsp3) is 0.261. The van der Waals surface area contributed by atoms with Crippen LogP contribution in [0.15, 0.2) is 48.5 Å². The van der Waals surface area contributed by atoms with Gasteiger partial charge in [-0.1, -0.05) is 26.0 Å². The molecule has 4 rings (SSSR count). The number of rotatable bonds is 4. The number of hydrogen-bond donors (Lipinski definition) is 0. The highest BCUT2D eigenvalue weighted by atomic mass is 19.1. The summed E-state index contributed by atoms with van der Waals surface area (Å²) in [5, 5.41) is 13.3. The molecule has 0 aliphatic carbocycles. The third-order valence-corrected chi connectivity index (χ3v) is 4.66. The van der Waals surface area contributed by atoms with E-state index in [9.17, 15) is 13.6 Å². The van der Waals surface area contributed by atoms with E-state index < -0.39 is 17.5 Å². The second kappa shape index (κ2) is 9.85. The highest BCUT2D eigenvalue weighted by Gasteiger charge is 2.25. The van der Waals surface area contributed by atoms with E-state index in [-0.39, 0.29) is 18.7 Å². The first-order chi connectivity index (χ1) is 15.0. The number of fused-ring (bicyclic) bond motifs is 1. The number of amides is 1. The quantitative estimate of drug-likeness (QED) is 0.626. The van der Waals surface area contributed by atoms with Gasteiger partial charge in [0.1, 0.15) is 18.2 Å². The number of hydrogen-bond acceptors (Lipinski definition) is 4. The minimum absolute atomic E-state index is 0.217. The largest absolute Gasteiger partial charge is 0.472 e. The van der Waals surface area contributed by atoms with E-state index >= 15 is 0 Å². The molecule has 0 fully saturated rings. The van der Waals surface area contributed by atoms with E-state index in [4.69, 9.17) is 10.00 Å². The molecule has 0 spiro atoms. The van der Waals surface area contributed by atoms with Gasteiger partial charge in [-0.25, -0.2) is 8.78 Å². The van der Waals surface area contributed by atoms with Crippen LogP contribution >= 0.6 is 0 Å². The molecule has 2 aromatic carbocycles. The third-order valence-electron chi connectivity index (χ3n) is 4.66. The van der Waals surface area contributed by atoms with Crippen LogP contribution in [-0.2, 0) is 19.7 Å². The summed E-state index contributed by atoms with van der Waals surface area (Å²) in [5.74, 6) is -1.58. The summed E-state index contributed by atoms with van der Waals surface area (Å²) >= 11 is 0. The van der Waals surface area contributed by atoms with Crippen LogP contribution in [0.3, 0.4) is 0 Å². The highest BCUT2D eigenvalue weighted by molar-refractivity contribution is 5.94. The van der Waals surface area contributed by atoms with E-state index in [1.807, 2.05) is 19.9 Å². The van der Waals surface area contributed by atoms with Gasteiger partial charge in [-0.2, -0.15) is 5.26 Å². The molecular weight excluding hydrogens is 402 g/mol. The van der Waals surface area contributed by atoms with Gasteiger partial charge in [0.2, 0.25) is 5.88 Å². The number of nitrogens with zero attached hydrogens (tertiary/aromatic N) is 4. The van der Waals surface area contributed by atoms with Crippen LogP contribution in [-0.4, -0.2) is 27.1 Å². The summed E-state index contributed by atoms with van der Waals surface area (Å²) in [6, 6.07) is 13.7. The predicted octanol–water partition coefficient (Wildman–Crippen LogP) is 4.29. The lowest BCUT2D eigenvalue weighted by Gasteiger charge is -2.27. The Labute approximate surface area is 179 Å². The fourth-order valence-corrected chi connectivity index (χ4v) is 3.20. The van der Waals surface area contributed by atoms with Gasteiger partial charge in [0.05, 0.1) is 36.0 Å². The van der Waals surface area contributed by atoms with Crippen LogP contribution in [0.4, 0.5) is 8.78 Å². The standard InChI is InChI=1S/C21H16F2N4O2.C2H6/c22-16-4-5-19(23)18(9-16)21(28)26-6-7-27-17(12-26)10-20(25-27)29-13-15-3-1-2-14(8-15)11-24;1-2/h1-5,8-10H,6-7,12-13H2;1-2H3. The Hall–Kier alpha value is -3.73. The van der Waals surface area contributed by atoms with Gasteiger partial charge in [-0.3, -0.25) is 9.48 Å². The Balaban J connectivity index is 0.00000132. The lowest BCUT2D eigenvalue weighted by molar-refractivity contribution is 0.0700. The number of aromatic nitrogens is 2. The second-order valence-corrected chi connectivity index (χ2v) is 6.65. The zero-order valence-corrected chi connectivity index (χ0v) is 17.3. The molecule has 1 aliphatic rings. The first-order valence-electron chi connectivity index (χ1n) is 9.96. The van der Waals surface area contributed by atoms with Crippen molar-refractivity contribution in [1.29, 1.82) is 5.26 Å². The van der Waals surface area contributed by atoms with Crippen molar-refractivity contribution in [2.75, 3.05) is 6.54 Å². The van der Waals surface area contributed by atoms with Gasteiger partial charge >= 0.3 is 0 Å². The van der Waals surface area contributed by atoms with E-state index in [1.54, 1.807) is 28.9 Å². The lowest BCUT2D eigenvalue weighted by atomic mass is 10.1. The molecule has 0 bridgehead atoms. The van der Waals surface area contributed by atoms with Gasteiger partial charge in [0, 0.05) is 12.6 Å². The van der Waals surface area contributed by atoms with Crippen molar-refractivity contribution in [3.05, 3.63) is 82.5 Å². The number of benzene rings is 2. The Morgan fingerprint density at radius 3 is 2.74 bits per heavy atom. The molecule has 6 nitrogen and oxygen atoms in total. The maximum Gasteiger partial charge on any atom is 0.257 e. The maximum atomic E-state index is 13.9. The van der Waals surface area contributed by atoms with Crippen LogP contribution in [0.25, 0.3) is 0 Å². The van der Waals surface area contributed by atoms with Crippen LogP contribution in [0.5, 0.6) is 5.88 Å². The third kappa shape index (κ3) is 5.07. The molecule has 1 amide bonds. The molecule has 2 heterocycles. The van der Waals surface area contributed by atoms with Crippen molar-refractivity contribution < 1.29 is 18.3 Å². The molecule has 0 saturated carbocycles. The van der Waals surface area contributed by atoms with Crippen LogP contribution in [0, 0.1) is 23.0 Å². The normalized spacial score (nSPS) is 12.3. The summed E-state index contributed by atoms with van der Waals surface area (Å²) in [7, 11) is 0. The first kappa shape index (κ1) is 22.0. The van der Waals surface area contributed by atoms with E-state index in [2.05, 4.69) is 11.2 Å². The van der Waals surface area contributed by atoms with Crippen LogP contribution in [0.2, 0.25) is 0 Å². The molecule has 8 heteroatoms. The van der Waals surface area contributed by atoms with Crippen molar-refractivity contribution in [2.45, 2.75) is 33.5 Å². The van der Waals surface area contributed by atoms with Gasteiger partial charge in [0.15, 0.2) is 0 Å². The average molecular weight is 424 g/mol. The molecule has 31 heavy (non-hydrogen) atoms. The Bertz CT molecular complexity index is 1120. The second-order valence-electron chi connectivity index (χ2n) is 6.65. The highest BCUT2D eigenvalue weighted by Crippen LogP contribution is 2.21. The molecule has 0 radical (unpaired) electrons. The maximum absolute atomic E-state index is 13.9. The fourth-order valence-electron chi connectivity index (χ4n) is 3.20. The number of carbonyl (C=O) groups excluding carboxylic acids is 1. The molecule has 1 aliphatic heterocycles. The van der Waals surface area contributed by atoms with Gasteiger partial charge in [-0.15, -0.1) is 5.10 Å². The molecule has 160 valence electrons. The van der Waals surface area contributed by atoms with Crippen molar-refractivity contribution in [3.8, 4) is 11.9 Å². The molecule has 0 saturated heterocycles. The Kier molecular flexibility index (Phi) is 6.98. The first-order valence-corrected chi connectivity index (χ1v) is 9.96. The molecule has 3 aromatic rings. The van der Waals surface area contributed by atoms with E-state index in [0.717, 1.165) is 29.5 Å². The van der Waals surface area contributed by atoms with Crippen molar-refractivity contribution in [3.63, 3.8) is 0 Å². The Morgan fingerprint density at radius 1 is 1.16 bits per heavy atom. The summed E-state index contributed by atoms with van der Waals surface area (Å²) < 4.78 is 34.8. The van der Waals surface area contributed by atoms with Crippen molar-refractivity contribution in [2.24, 2.45) is 0 Å². The minimum atomic E-state index is -0.751. The minimum Gasteiger partial charge on any atom is -0.472 e. The van der Waals surface area contributed by atoms with Gasteiger partial charge in [0.25, 0.3) is 5.91 Å². The monoisotopic (exact) mass is 424 g/mol. The number of nitriles is 1. The SMILES string of the molecule is CC.N#Cc1cccc(COc2cc3n(n2)CCN(C(=O)c2cc(F)ccc2F)C3)c1. The van der Waals surface area contributed by atoms with Crippen LogP contribution < -0.4 is 4.74 Å². The smallest absolute Gasteiger partial charge is 0.257 e. The zero-order valence-electron chi connectivity index (χ0n) is 17.3. The molecule has 0 N–H and O–H groups in total. The van der Waals surface area contributed by atoms with Crippen LogP contribution in [0.1, 0.15) is 41.0 Å². The molecule has 0 atom stereocenters. The van der Waals surface area contributed by atoms with Gasteiger partial charge < -0.3 is 9.64 Å². The van der Waals surface area contributed by atoms with Crippen molar-refractivity contribution >= 4 is 5.91 Å². The predicted molar refractivity (Wildman–Crippen MR) is 110 cm³/mol. The topological polar surface area (TPSA) is 71.2 Å². The molecular formula is C23H22F2N4O2. The Morgan fingerprint density at radius 2 is 1.97 bits per heavy atom. The molecule has 0 unspecified atom stereocenters. The number of ether oxygens (including phenoxy) is 1. The molecule has 1 aromatic heterocycles.